The van der Waals surface area contributed by atoms with Crippen molar-refractivity contribution >= 4 is 16.5 Å². The Balaban J connectivity index is 3.72. The average molecular weight is 160 g/mol. The van der Waals surface area contributed by atoms with Gasteiger partial charge in [0.05, 0.1) is 0 Å². The quantitative estimate of drug-likeness (QED) is 0.360. The lowest BCUT2D eigenvalue weighted by molar-refractivity contribution is -0.156. The van der Waals surface area contributed by atoms with Crippen LogP contribution in [-0.4, -0.2) is 10.2 Å². The molecule has 0 aliphatic carbocycles. The van der Waals surface area contributed by atoms with Crippen molar-refractivity contribution in [1.82, 2.24) is 0 Å². The summed E-state index contributed by atoms with van der Waals surface area (Å²) in [6.45, 7) is 0. The molecule has 1 unspecified atom stereocenters. The largest absolute Gasteiger partial charge is 0.509 e. The lowest BCUT2D eigenvalue weighted by atomic mass is 15.0. The van der Waals surface area contributed by atoms with Crippen LogP contribution >= 0.6 is 16.5 Å². The molecule has 0 aromatic rings. The highest BCUT2D eigenvalue weighted by Crippen LogP contribution is 2.45. The summed E-state index contributed by atoms with van der Waals surface area (Å²) in [5, 5.41) is 7.44. The fourth-order valence-corrected chi connectivity index (χ4v) is 0.513. The monoisotopic (exact) mass is 160 g/mol. The van der Waals surface area contributed by atoms with Crippen LogP contribution in [0.25, 0.3) is 0 Å². The van der Waals surface area contributed by atoms with Gasteiger partial charge in [-0.25, -0.2) is 14.4 Å². The molecule has 2 N–H and O–H groups in total. The molecule has 0 heterocycles. The second-order valence-electron chi connectivity index (χ2n) is 0.706. The number of hydrogen-bond donors (Lipinski definition) is 2. The predicted octanol–water partition coefficient (Wildman–Crippen LogP) is 0.800. The molecule has 0 aliphatic heterocycles. The maximum absolute atomic E-state index is 9.84. The van der Waals surface area contributed by atoms with Gasteiger partial charge in [0.15, 0.2) is 0 Å². The van der Waals surface area contributed by atoms with Crippen LogP contribution in [-0.2, 0) is 18.1 Å². The molecule has 8 heavy (non-hydrogen) atoms. The minimum absolute atomic E-state index is 1.02. The topological polar surface area (TPSA) is 93.1 Å². The van der Waals surface area contributed by atoms with Crippen LogP contribution in [0.3, 0.4) is 0 Å². The van der Waals surface area contributed by atoms with Gasteiger partial charge in [-0.1, -0.05) is 0 Å². The van der Waals surface area contributed by atoms with Crippen molar-refractivity contribution in [1.29, 1.82) is 0 Å². The van der Waals surface area contributed by atoms with Gasteiger partial charge in [0.25, 0.3) is 0 Å². The van der Waals surface area contributed by atoms with Crippen molar-refractivity contribution in [2.24, 2.45) is 0 Å². The molecule has 0 rings (SSSR count). The van der Waals surface area contributed by atoms with Crippen molar-refractivity contribution in [2.45, 2.75) is 0 Å². The molecule has 0 saturated heterocycles. The van der Waals surface area contributed by atoms with Gasteiger partial charge in [0.1, 0.15) is 0 Å². The molecule has 0 aromatic carbocycles. The van der Waals surface area contributed by atoms with Crippen LogP contribution in [0.1, 0.15) is 0 Å². The molecular weight excluding hydrogens is 158 g/mol. The van der Waals surface area contributed by atoms with Gasteiger partial charge in [-0.3, -0.25) is 0 Å². The van der Waals surface area contributed by atoms with E-state index in [1.54, 1.807) is 0 Å². The zero-order valence-corrected chi connectivity index (χ0v) is 5.21. The van der Waals surface area contributed by atoms with E-state index in [1.165, 1.54) is 0 Å². The highest BCUT2D eigenvalue weighted by atomic mass is 31.2. The van der Waals surface area contributed by atoms with E-state index in [0.717, 1.165) is 0 Å². The van der Waals surface area contributed by atoms with E-state index in [1.807, 2.05) is 0 Å². The molecule has 8 heteroatoms. The van der Waals surface area contributed by atoms with Crippen LogP contribution in [0, 0.1) is 0 Å². The summed E-state index contributed by atoms with van der Waals surface area (Å²) in [4.78, 5) is 7.98. The average Bonchev–Trinajstić information content (AvgIpc) is 1.67. The minimum Gasteiger partial charge on any atom is -0.300 e. The van der Waals surface area contributed by atoms with Gasteiger partial charge < -0.3 is 4.89 Å². The molecule has 48 valence electrons. The summed E-state index contributed by atoms with van der Waals surface area (Å²) in [5.41, 5.74) is 0. The normalized spacial score (nSPS) is 18.2. The molecule has 0 aromatic heterocycles. The summed E-state index contributed by atoms with van der Waals surface area (Å²) in [6.07, 6.45) is 0. The predicted molar refractivity (Wildman–Crippen MR) is 22.2 cm³/mol. The lowest BCUT2D eigenvalue weighted by Gasteiger charge is -1.96. The number of rotatable bonds is 3. The van der Waals surface area contributed by atoms with Crippen molar-refractivity contribution in [3.63, 3.8) is 0 Å². The van der Waals surface area contributed by atoms with Gasteiger partial charge in [0.2, 0.25) is 0 Å². The van der Waals surface area contributed by atoms with E-state index < -0.39 is 16.5 Å². The first-order valence-corrected chi connectivity index (χ1v) is 3.52. The lowest BCUT2D eigenvalue weighted by Crippen LogP contribution is -1.80. The van der Waals surface area contributed by atoms with Crippen molar-refractivity contribution in [3.8, 4) is 0 Å². The molecule has 0 amide bonds. The molecule has 0 spiro atoms. The zero-order chi connectivity index (χ0) is 6.62. The van der Waals surface area contributed by atoms with Gasteiger partial charge >= 0.3 is 16.5 Å². The Kier molecular flexibility index (Phi) is 3.31. The highest BCUT2D eigenvalue weighted by molar-refractivity contribution is 7.52. The molecule has 6 nitrogen and oxygen atoms in total. The molecule has 0 saturated carbocycles. The van der Waals surface area contributed by atoms with E-state index in [2.05, 4.69) is 8.99 Å². The third-order valence-corrected chi connectivity index (χ3v) is 1.54. The first kappa shape index (κ1) is 8.17. The second-order valence-corrected chi connectivity index (χ2v) is 2.61. The zero-order valence-electron chi connectivity index (χ0n) is 3.42. The van der Waals surface area contributed by atoms with Crippen LogP contribution in [0.15, 0.2) is 0 Å². The van der Waals surface area contributed by atoms with E-state index in [9.17, 15) is 9.13 Å². The third kappa shape index (κ3) is 3.21. The summed E-state index contributed by atoms with van der Waals surface area (Å²) in [6, 6.07) is 0. The fourth-order valence-electron chi connectivity index (χ4n) is 0.0570. The fraction of sp³-hybridized carbons (Fsp3) is 0. The molecular formula is H2O6P2. The summed E-state index contributed by atoms with van der Waals surface area (Å²) < 4.78 is 25.5. The van der Waals surface area contributed by atoms with Gasteiger partial charge in [-0.2, -0.15) is 4.31 Å². The Morgan fingerprint density at radius 1 is 1.62 bits per heavy atom. The standard InChI is InChI=1S/H2O6P2/c1-5-8(3,4)6-7-2/h1H,(H,3,4). The Bertz CT molecular complexity index is 116. The number of phosphoric acid groups is 1. The van der Waals surface area contributed by atoms with E-state index in [-0.39, 0.29) is 0 Å². The Morgan fingerprint density at radius 3 is 2.25 bits per heavy atom. The second kappa shape index (κ2) is 3.25. The number of hydrogen-bond acceptors (Lipinski definition) is 5. The van der Waals surface area contributed by atoms with E-state index >= 15 is 0 Å². The van der Waals surface area contributed by atoms with Crippen molar-refractivity contribution in [3.05, 3.63) is 0 Å². The summed E-state index contributed by atoms with van der Waals surface area (Å²) in [7, 11) is -5.47. The van der Waals surface area contributed by atoms with Crippen molar-refractivity contribution in [2.75, 3.05) is 0 Å². The van der Waals surface area contributed by atoms with Crippen LogP contribution in [0.4, 0.5) is 0 Å². The summed E-state index contributed by atoms with van der Waals surface area (Å²) in [5.74, 6) is 0. The van der Waals surface area contributed by atoms with E-state index in [4.69, 9.17) is 10.2 Å². The molecule has 0 radical (unpaired) electrons. The van der Waals surface area contributed by atoms with E-state index in [0.29, 0.717) is 0 Å². The Hall–Kier alpha value is 0.170. The van der Waals surface area contributed by atoms with Gasteiger partial charge in [-0.15, -0.1) is 4.67 Å². The van der Waals surface area contributed by atoms with Crippen LogP contribution in [0.5, 0.6) is 0 Å². The van der Waals surface area contributed by atoms with Crippen LogP contribution in [0.2, 0.25) is 0 Å². The maximum atomic E-state index is 9.84. The maximum Gasteiger partial charge on any atom is 0.509 e. The first-order chi connectivity index (χ1) is 3.62. The van der Waals surface area contributed by atoms with Gasteiger partial charge in [0, 0.05) is 0 Å². The minimum atomic E-state index is -4.44. The Labute approximate surface area is 45.9 Å². The molecule has 0 fully saturated rings. The summed E-state index contributed by atoms with van der Waals surface area (Å²) >= 11 is 0. The molecule has 0 aliphatic rings. The van der Waals surface area contributed by atoms with Crippen molar-refractivity contribution < 1.29 is 28.3 Å². The first-order valence-electron chi connectivity index (χ1n) is 1.30. The molecule has 0 bridgehead atoms. The third-order valence-electron chi connectivity index (χ3n) is 0.240. The van der Waals surface area contributed by atoms with Gasteiger partial charge in [-0.05, 0) is 0 Å². The smallest absolute Gasteiger partial charge is 0.300 e. The highest BCUT2D eigenvalue weighted by Gasteiger charge is 2.20. The molecule has 1 atom stereocenters. The SMILES string of the molecule is O=POP(=O)(O)OO. The van der Waals surface area contributed by atoms with Crippen LogP contribution < -0.4 is 0 Å². The Morgan fingerprint density at radius 2 is 2.12 bits per heavy atom.